The molecule has 0 aliphatic heterocycles. The number of methoxy groups -OCH3 is 1. The molecule has 9 heteroatoms. The Balaban J connectivity index is 1.72. The second-order valence-corrected chi connectivity index (χ2v) is 7.84. The van der Waals surface area contributed by atoms with E-state index in [1.165, 1.54) is 25.4 Å². The molecule has 156 valence electrons. The minimum Gasteiger partial charge on any atom is -0.495 e. The van der Waals surface area contributed by atoms with Crippen LogP contribution in [0.4, 0.5) is 11.4 Å². The number of carbonyl (C=O) groups is 2. The fourth-order valence-electron chi connectivity index (χ4n) is 2.67. The highest BCUT2D eigenvalue weighted by Gasteiger charge is 2.18. The number of halogens is 1. The van der Waals surface area contributed by atoms with Crippen LogP contribution in [-0.2, 0) is 11.4 Å². The molecule has 0 aliphatic carbocycles. The normalized spacial score (nSPS) is 10.4. The van der Waals surface area contributed by atoms with Crippen molar-refractivity contribution in [2.75, 3.05) is 17.7 Å². The molecule has 1 heterocycles. The van der Waals surface area contributed by atoms with Gasteiger partial charge < -0.3 is 20.1 Å². The second-order valence-electron chi connectivity index (χ2n) is 6.32. The molecule has 2 aromatic carbocycles. The maximum absolute atomic E-state index is 12.8. The minimum absolute atomic E-state index is 0.207. The van der Waals surface area contributed by atoms with Gasteiger partial charge in [-0.1, -0.05) is 11.6 Å². The summed E-state index contributed by atoms with van der Waals surface area (Å²) in [6.45, 7) is 3.42. The number of ether oxygens (including phenoxy) is 2. The van der Waals surface area contributed by atoms with Crippen LogP contribution in [0.1, 0.15) is 27.3 Å². The number of benzene rings is 2. The lowest BCUT2D eigenvalue weighted by atomic mass is 10.2. The number of thiazole rings is 1. The van der Waals surface area contributed by atoms with Crippen molar-refractivity contribution in [3.63, 3.8) is 0 Å². The number of aryl methyl sites for hydroxylation is 1. The number of hydrogen-bond donors (Lipinski definition) is 2. The van der Waals surface area contributed by atoms with E-state index in [0.717, 1.165) is 0 Å². The highest BCUT2D eigenvalue weighted by atomic mass is 35.5. The summed E-state index contributed by atoms with van der Waals surface area (Å²) in [5.41, 5.74) is 1.60. The van der Waals surface area contributed by atoms with Gasteiger partial charge in [0.1, 0.15) is 28.0 Å². The standard InChI is InChI=1S/C21H20ClN3O4S/c1-12-20(30-19(23-12)11-29-16-7-4-14(22)5-8-16)21(27)25-17-10-15(24-13(2)26)6-9-18(17)28-3/h4-10H,11H2,1-3H3,(H,24,26)(H,25,27). The van der Waals surface area contributed by atoms with Crippen molar-refractivity contribution in [3.8, 4) is 11.5 Å². The van der Waals surface area contributed by atoms with Gasteiger partial charge in [-0.2, -0.15) is 0 Å². The predicted molar refractivity (Wildman–Crippen MR) is 118 cm³/mol. The Kier molecular flexibility index (Phi) is 6.91. The molecule has 3 rings (SSSR count). The first-order chi connectivity index (χ1) is 14.4. The quantitative estimate of drug-likeness (QED) is 0.539. The van der Waals surface area contributed by atoms with E-state index in [0.29, 0.717) is 43.5 Å². The third-order valence-electron chi connectivity index (χ3n) is 3.99. The second kappa shape index (κ2) is 9.60. The van der Waals surface area contributed by atoms with Gasteiger partial charge in [-0.3, -0.25) is 9.59 Å². The summed E-state index contributed by atoms with van der Waals surface area (Å²) in [6, 6.07) is 12.0. The SMILES string of the molecule is COc1ccc(NC(C)=O)cc1NC(=O)c1sc(COc2ccc(Cl)cc2)nc1C. The zero-order valence-electron chi connectivity index (χ0n) is 16.6. The average molecular weight is 446 g/mol. The molecule has 0 radical (unpaired) electrons. The van der Waals surface area contributed by atoms with Gasteiger partial charge in [-0.25, -0.2) is 4.98 Å². The fourth-order valence-corrected chi connectivity index (χ4v) is 3.67. The number of rotatable bonds is 7. The van der Waals surface area contributed by atoms with E-state index in [9.17, 15) is 9.59 Å². The van der Waals surface area contributed by atoms with Gasteiger partial charge in [0.05, 0.1) is 18.5 Å². The van der Waals surface area contributed by atoms with Gasteiger partial charge >= 0.3 is 0 Å². The molecule has 0 fully saturated rings. The number of amides is 2. The Labute approximate surface area is 183 Å². The van der Waals surface area contributed by atoms with Crippen molar-refractivity contribution in [1.82, 2.24) is 4.98 Å². The molecule has 0 saturated heterocycles. The first kappa shape index (κ1) is 21.6. The van der Waals surface area contributed by atoms with Crippen molar-refractivity contribution in [1.29, 1.82) is 0 Å². The highest BCUT2D eigenvalue weighted by molar-refractivity contribution is 7.13. The Morgan fingerprint density at radius 2 is 1.87 bits per heavy atom. The third kappa shape index (κ3) is 5.49. The molecule has 30 heavy (non-hydrogen) atoms. The van der Waals surface area contributed by atoms with Gasteiger partial charge in [0.25, 0.3) is 5.91 Å². The summed E-state index contributed by atoms with van der Waals surface area (Å²) in [5.74, 6) is 0.616. The van der Waals surface area contributed by atoms with Gasteiger partial charge in [0.15, 0.2) is 0 Å². The fraction of sp³-hybridized carbons (Fsp3) is 0.190. The van der Waals surface area contributed by atoms with E-state index in [1.807, 2.05) is 0 Å². The van der Waals surface area contributed by atoms with Crippen LogP contribution in [0.2, 0.25) is 5.02 Å². The number of nitrogens with one attached hydrogen (secondary N) is 2. The van der Waals surface area contributed by atoms with Crippen molar-refractivity contribution in [2.24, 2.45) is 0 Å². The highest BCUT2D eigenvalue weighted by Crippen LogP contribution is 2.29. The Morgan fingerprint density at radius 1 is 1.13 bits per heavy atom. The number of anilines is 2. The Morgan fingerprint density at radius 3 is 2.53 bits per heavy atom. The van der Waals surface area contributed by atoms with Crippen molar-refractivity contribution in [3.05, 3.63) is 63.1 Å². The van der Waals surface area contributed by atoms with Crippen LogP contribution >= 0.6 is 22.9 Å². The van der Waals surface area contributed by atoms with Crippen LogP contribution in [0, 0.1) is 6.92 Å². The van der Waals surface area contributed by atoms with Gasteiger partial charge in [-0.05, 0) is 49.4 Å². The topological polar surface area (TPSA) is 89.6 Å². The van der Waals surface area contributed by atoms with E-state index in [2.05, 4.69) is 15.6 Å². The first-order valence-corrected chi connectivity index (χ1v) is 10.2. The zero-order chi connectivity index (χ0) is 21.7. The molecular formula is C21H20ClN3O4S. The van der Waals surface area contributed by atoms with Crippen LogP contribution in [-0.4, -0.2) is 23.9 Å². The molecule has 2 amide bonds. The van der Waals surface area contributed by atoms with E-state index in [1.54, 1.807) is 49.4 Å². The predicted octanol–water partition coefficient (Wildman–Crippen LogP) is 4.90. The first-order valence-electron chi connectivity index (χ1n) is 8.97. The summed E-state index contributed by atoms with van der Waals surface area (Å²) in [4.78, 5) is 29.0. The molecule has 3 aromatic rings. The van der Waals surface area contributed by atoms with E-state index < -0.39 is 0 Å². The molecule has 1 aromatic heterocycles. The summed E-state index contributed by atoms with van der Waals surface area (Å²) >= 11 is 7.12. The van der Waals surface area contributed by atoms with Crippen LogP contribution in [0.15, 0.2) is 42.5 Å². The van der Waals surface area contributed by atoms with E-state index >= 15 is 0 Å². The number of nitrogens with zero attached hydrogens (tertiary/aromatic N) is 1. The van der Waals surface area contributed by atoms with Crippen LogP contribution in [0.5, 0.6) is 11.5 Å². The third-order valence-corrected chi connectivity index (χ3v) is 5.37. The molecule has 0 saturated carbocycles. The van der Waals surface area contributed by atoms with Crippen molar-refractivity contribution >= 4 is 46.1 Å². The summed E-state index contributed by atoms with van der Waals surface area (Å²) in [7, 11) is 1.51. The smallest absolute Gasteiger partial charge is 0.267 e. The average Bonchev–Trinajstić information content (AvgIpc) is 3.08. The minimum atomic E-state index is -0.319. The van der Waals surface area contributed by atoms with E-state index in [-0.39, 0.29) is 18.4 Å². The van der Waals surface area contributed by atoms with Crippen molar-refractivity contribution < 1.29 is 19.1 Å². The summed E-state index contributed by atoms with van der Waals surface area (Å²) in [6.07, 6.45) is 0. The number of aromatic nitrogens is 1. The number of carbonyl (C=O) groups excluding carboxylic acids is 2. The lowest BCUT2D eigenvalue weighted by molar-refractivity contribution is -0.114. The van der Waals surface area contributed by atoms with Gasteiger partial charge in [0, 0.05) is 17.6 Å². The van der Waals surface area contributed by atoms with Gasteiger partial charge in [0.2, 0.25) is 5.91 Å². The molecule has 2 N–H and O–H groups in total. The lowest BCUT2D eigenvalue weighted by Crippen LogP contribution is -2.13. The molecule has 0 spiro atoms. The monoisotopic (exact) mass is 445 g/mol. The van der Waals surface area contributed by atoms with Gasteiger partial charge in [-0.15, -0.1) is 11.3 Å². The molecule has 0 unspecified atom stereocenters. The Hall–Kier alpha value is -3.10. The van der Waals surface area contributed by atoms with E-state index in [4.69, 9.17) is 21.1 Å². The molecule has 0 atom stereocenters. The maximum atomic E-state index is 12.8. The summed E-state index contributed by atoms with van der Waals surface area (Å²) < 4.78 is 11.0. The lowest BCUT2D eigenvalue weighted by Gasteiger charge is -2.12. The zero-order valence-corrected chi connectivity index (χ0v) is 18.2. The van der Waals surface area contributed by atoms with Crippen LogP contribution in [0.25, 0.3) is 0 Å². The molecule has 0 bridgehead atoms. The number of hydrogen-bond acceptors (Lipinski definition) is 6. The molecule has 0 aliphatic rings. The largest absolute Gasteiger partial charge is 0.495 e. The maximum Gasteiger partial charge on any atom is 0.267 e. The summed E-state index contributed by atoms with van der Waals surface area (Å²) in [5, 5.41) is 6.81. The Bertz CT molecular complexity index is 1070. The van der Waals surface area contributed by atoms with Crippen LogP contribution in [0.3, 0.4) is 0 Å². The van der Waals surface area contributed by atoms with Crippen molar-refractivity contribution in [2.45, 2.75) is 20.5 Å². The molecular weight excluding hydrogens is 426 g/mol. The van der Waals surface area contributed by atoms with Crippen LogP contribution < -0.4 is 20.1 Å². The molecule has 7 nitrogen and oxygen atoms in total.